The third-order valence-corrected chi connectivity index (χ3v) is 9.03. The van der Waals surface area contributed by atoms with E-state index in [9.17, 15) is 34.8 Å². The lowest BCUT2D eigenvalue weighted by Gasteiger charge is -2.50. The minimum absolute atomic E-state index is 0.0261. The van der Waals surface area contributed by atoms with E-state index in [0.29, 0.717) is 23.7 Å². The molecule has 0 aliphatic heterocycles. The number of aromatic hydroxyl groups is 1. The lowest BCUT2D eigenvalue weighted by atomic mass is 9.58. The van der Waals surface area contributed by atoms with Crippen LogP contribution in [0.2, 0.25) is 0 Å². The van der Waals surface area contributed by atoms with E-state index in [1.54, 1.807) is 32.6 Å². The van der Waals surface area contributed by atoms with Crippen molar-refractivity contribution in [3.8, 4) is 16.9 Å². The molecule has 4 atom stereocenters. The molecule has 0 saturated carbocycles. The van der Waals surface area contributed by atoms with Gasteiger partial charge in [-0.15, -0.1) is 0 Å². The van der Waals surface area contributed by atoms with Gasteiger partial charge < -0.3 is 26.2 Å². The second-order valence-electron chi connectivity index (χ2n) is 12.0. The van der Waals surface area contributed by atoms with Crippen LogP contribution < -0.4 is 5.73 Å². The van der Waals surface area contributed by atoms with Gasteiger partial charge in [0.1, 0.15) is 22.8 Å². The van der Waals surface area contributed by atoms with Gasteiger partial charge in [0.2, 0.25) is 5.78 Å². The summed E-state index contributed by atoms with van der Waals surface area (Å²) in [5.41, 5.74) is 4.65. The number of amides is 1. The Kier molecular flexibility index (Phi) is 7.24. The molecule has 42 heavy (non-hydrogen) atoms. The molecule has 11 nitrogen and oxygen atoms in total. The van der Waals surface area contributed by atoms with Crippen molar-refractivity contribution in [3.63, 3.8) is 0 Å². The number of phenolic OH excluding ortho intramolecular Hbond substituents is 1. The Morgan fingerprint density at radius 3 is 2.45 bits per heavy atom. The van der Waals surface area contributed by atoms with Crippen molar-refractivity contribution in [2.75, 3.05) is 21.1 Å². The molecule has 222 valence electrons. The van der Waals surface area contributed by atoms with E-state index in [2.05, 4.69) is 23.7 Å². The number of benzene rings is 1. The Morgan fingerprint density at radius 1 is 1.14 bits per heavy atom. The summed E-state index contributed by atoms with van der Waals surface area (Å²) in [6.45, 7) is 4.84. The highest BCUT2D eigenvalue weighted by atomic mass is 16.3. The van der Waals surface area contributed by atoms with Gasteiger partial charge in [-0.3, -0.25) is 29.2 Å². The molecule has 11 heteroatoms. The zero-order chi connectivity index (χ0) is 30.8. The first-order valence-corrected chi connectivity index (χ1v) is 13.8. The second-order valence-corrected chi connectivity index (χ2v) is 12.0. The molecule has 1 aromatic heterocycles. The Labute approximate surface area is 243 Å². The Balaban J connectivity index is 1.65. The number of hydrogen-bond donors (Lipinski definition) is 5. The monoisotopic (exact) mass is 576 g/mol. The molecule has 1 amide bonds. The summed E-state index contributed by atoms with van der Waals surface area (Å²) in [5.74, 6) is -6.75. The van der Waals surface area contributed by atoms with Gasteiger partial charge in [0, 0.05) is 42.0 Å². The van der Waals surface area contributed by atoms with Crippen LogP contribution >= 0.6 is 0 Å². The summed E-state index contributed by atoms with van der Waals surface area (Å²) >= 11 is 0. The molecule has 6 N–H and O–H groups in total. The van der Waals surface area contributed by atoms with E-state index in [0.717, 1.165) is 11.1 Å². The highest BCUT2D eigenvalue weighted by Gasteiger charge is 2.63. The standard InChI is InChI=1S/C31H36N4O7/c1-14(2)35(5)13-15-8-17(12-33-11-15)18-6-7-21(36)23-19(18)9-16-10-20-25(34(3)4)27(38)24(30(32)41)29(40)31(20,42)28(39)22(16)26(23)37/h6-8,11-12,14,16,20,25,36,38-39,42H,9-10,13H2,1-5H3,(H2,32,41)/t16-,20-,25-,31-/m0/s1. The van der Waals surface area contributed by atoms with E-state index < -0.39 is 58.0 Å². The number of pyridine rings is 1. The van der Waals surface area contributed by atoms with Gasteiger partial charge in [-0.25, -0.2) is 0 Å². The van der Waals surface area contributed by atoms with Crippen LogP contribution in [0.5, 0.6) is 5.75 Å². The summed E-state index contributed by atoms with van der Waals surface area (Å²) in [6.07, 6.45) is 3.70. The Hall–Kier alpha value is -4.06. The maximum Gasteiger partial charge on any atom is 0.255 e. The number of ketones is 2. The summed E-state index contributed by atoms with van der Waals surface area (Å²) < 4.78 is 0. The first-order chi connectivity index (χ1) is 19.7. The molecule has 0 saturated heterocycles. The number of aromatic nitrogens is 1. The second kappa shape index (κ2) is 10.3. The minimum atomic E-state index is -2.67. The summed E-state index contributed by atoms with van der Waals surface area (Å²) in [7, 11) is 5.21. The Bertz CT molecular complexity index is 1580. The average molecular weight is 577 g/mol. The van der Waals surface area contributed by atoms with E-state index in [-0.39, 0.29) is 29.7 Å². The van der Waals surface area contributed by atoms with E-state index in [4.69, 9.17) is 5.73 Å². The summed E-state index contributed by atoms with van der Waals surface area (Å²) in [5, 5.41) is 45.0. The topological polar surface area (TPSA) is 178 Å². The van der Waals surface area contributed by atoms with Gasteiger partial charge in [0.25, 0.3) is 5.91 Å². The summed E-state index contributed by atoms with van der Waals surface area (Å²) in [6, 6.07) is 4.39. The first kappa shape index (κ1) is 29.4. The van der Waals surface area contributed by atoms with Crippen molar-refractivity contribution < 1.29 is 34.8 Å². The number of phenols is 1. The number of rotatable bonds is 6. The van der Waals surface area contributed by atoms with E-state index in [1.165, 1.54) is 11.0 Å². The van der Waals surface area contributed by atoms with Crippen LogP contribution in [0, 0.1) is 11.8 Å². The van der Waals surface area contributed by atoms with E-state index >= 15 is 0 Å². The number of primary amides is 1. The summed E-state index contributed by atoms with van der Waals surface area (Å²) in [4.78, 5) is 47.7. The SMILES string of the molecule is CC(C)N(C)Cc1cncc(-c2ccc(O)c3c2C[C@H]2C[C@H]4[C@H](N(C)C)C(O)=C(C(N)=O)C(=O)[C@@]4(O)C(O)=C2C3=O)c1. The van der Waals surface area contributed by atoms with Crippen LogP contribution in [0.25, 0.3) is 11.1 Å². The number of fused-ring (bicyclic) bond motifs is 3. The van der Waals surface area contributed by atoms with Crippen LogP contribution in [0.4, 0.5) is 0 Å². The fourth-order valence-corrected chi connectivity index (χ4v) is 6.71. The van der Waals surface area contributed by atoms with Crippen molar-refractivity contribution >= 4 is 17.5 Å². The molecular weight excluding hydrogens is 540 g/mol. The highest BCUT2D eigenvalue weighted by Crippen LogP contribution is 2.53. The van der Waals surface area contributed by atoms with Crippen LogP contribution in [-0.4, -0.2) is 91.5 Å². The number of Topliss-reactive ketones (excluding diaryl/α,β-unsaturated/α-hetero) is 2. The molecule has 0 bridgehead atoms. The lowest BCUT2D eigenvalue weighted by Crippen LogP contribution is -2.63. The number of allylic oxidation sites excluding steroid dienone is 1. The van der Waals surface area contributed by atoms with Gasteiger partial charge in [0.05, 0.1) is 11.6 Å². The van der Waals surface area contributed by atoms with Crippen LogP contribution in [-0.2, 0) is 22.6 Å². The van der Waals surface area contributed by atoms with Gasteiger partial charge in [-0.1, -0.05) is 6.07 Å². The molecular formula is C31H36N4O7. The lowest BCUT2D eigenvalue weighted by molar-refractivity contribution is -0.148. The maximum absolute atomic E-state index is 14.0. The highest BCUT2D eigenvalue weighted by molar-refractivity contribution is 6.24. The fourth-order valence-electron chi connectivity index (χ4n) is 6.71. The molecule has 3 aliphatic rings. The molecule has 0 fully saturated rings. The maximum atomic E-state index is 14.0. The molecule has 1 aromatic carbocycles. The number of likely N-dealkylation sites (N-methyl/N-ethyl adjacent to an activating group) is 1. The first-order valence-electron chi connectivity index (χ1n) is 13.8. The van der Waals surface area contributed by atoms with Gasteiger partial charge in [-0.05, 0) is 82.6 Å². The quantitative estimate of drug-likeness (QED) is 0.320. The average Bonchev–Trinajstić information content (AvgIpc) is 2.90. The predicted octanol–water partition coefficient (Wildman–Crippen LogP) is 2.02. The largest absolute Gasteiger partial charge is 0.510 e. The molecule has 0 unspecified atom stereocenters. The smallest absolute Gasteiger partial charge is 0.255 e. The van der Waals surface area contributed by atoms with Gasteiger partial charge >= 0.3 is 0 Å². The van der Waals surface area contributed by atoms with E-state index in [1.807, 2.05) is 13.1 Å². The van der Waals surface area contributed by atoms with Crippen LogP contribution in [0.3, 0.4) is 0 Å². The zero-order valence-electron chi connectivity index (χ0n) is 24.3. The zero-order valence-corrected chi connectivity index (χ0v) is 24.3. The molecule has 2 aromatic rings. The van der Waals surface area contributed by atoms with Gasteiger partial charge in [-0.2, -0.15) is 0 Å². The molecule has 1 heterocycles. The van der Waals surface area contributed by atoms with Crippen LogP contribution in [0.15, 0.2) is 53.3 Å². The van der Waals surface area contributed by atoms with Crippen LogP contribution in [0.1, 0.15) is 41.8 Å². The normalized spacial score (nSPS) is 25.7. The number of nitrogens with two attached hydrogens (primary N) is 1. The third kappa shape index (κ3) is 4.31. The molecule has 0 radical (unpaired) electrons. The molecule has 0 spiro atoms. The molecule has 3 aliphatic carbocycles. The number of nitrogens with zero attached hydrogens (tertiary/aromatic N) is 3. The van der Waals surface area contributed by atoms with Crippen molar-refractivity contribution in [2.24, 2.45) is 17.6 Å². The van der Waals surface area contributed by atoms with Crippen molar-refractivity contribution in [1.82, 2.24) is 14.8 Å². The van der Waals surface area contributed by atoms with Crippen molar-refractivity contribution in [3.05, 3.63) is 69.9 Å². The van der Waals surface area contributed by atoms with Crippen molar-refractivity contribution in [2.45, 2.75) is 50.9 Å². The minimum Gasteiger partial charge on any atom is -0.510 e. The number of aliphatic hydroxyl groups excluding tert-OH is 2. The number of carbonyl (C=O) groups is 3. The molecule has 5 rings (SSSR count). The third-order valence-electron chi connectivity index (χ3n) is 9.03. The van der Waals surface area contributed by atoms with Gasteiger partial charge in [0.15, 0.2) is 11.4 Å². The Morgan fingerprint density at radius 2 is 1.83 bits per heavy atom. The van der Waals surface area contributed by atoms with Crippen molar-refractivity contribution in [1.29, 1.82) is 0 Å². The predicted molar refractivity (Wildman–Crippen MR) is 154 cm³/mol. The number of aliphatic hydroxyl groups is 3. The fraction of sp³-hybridized carbons (Fsp3) is 0.419. The number of hydrogen-bond acceptors (Lipinski definition) is 10. The number of carbonyl (C=O) groups excluding carboxylic acids is 3.